The molecule has 0 spiro atoms. The second-order valence-corrected chi connectivity index (χ2v) is 9.07. The number of esters is 1. The Morgan fingerprint density at radius 1 is 1.17 bits per heavy atom. The Morgan fingerprint density at radius 2 is 1.91 bits per heavy atom. The molecule has 1 aliphatic carbocycles. The Morgan fingerprint density at radius 3 is 2.57 bits per heavy atom. The van der Waals surface area contributed by atoms with Gasteiger partial charge in [0.1, 0.15) is 12.6 Å². The molecule has 2 unspecified atom stereocenters. The van der Waals surface area contributed by atoms with Crippen LogP contribution in [0.5, 0.6) is 11.5 Å². The number of methoxy groups -OCH3 is 1. The van der Waals surface area contributed by atoms with Crippen molar-refractivity contribution in [3.63, 3.8) is 0 Å². The lowest BCUT2D eigenvalue weighted by Crippen LogP contribution is -2.36. The van der Waals surface area contributed by atoms with Gasteiger partial charge in [-0.2, -0.15) is 0 Å². The number of pyridine rings is 1. The van der Waals surface area contributed by atoms with E-state index < -0.39 is 11.9 Å². The molecule has 8 heteroatoms. The highest BCUT2D eigenvalue weighted by Gasteiger charge is 2.33. The normalized spacial score (nSPS) is 15.5. The van der Waals surface area contributed by atoms with E-state index in [1.165, 1.54) is 55.3 Å². The van der Waals surface area contributed by atoms with Crippen LogP contribution in [-0.4, -0.2) is 43.1 Å². The minimum absolute atomic E-state index is 0.0863. The first-order valence-corrected chi connectivity index (χ1v) is 12.0. The van der Waals surface area contributed by atoms with Gasteiger partial charge in [0.2, 0.25) is 5.75 Å². The molecule has 1 aliphatic rings. The summed E-state index contributed by atoms with van der Waals surface area (Å²) in [7, 11) is 1.38. The molecule has 8 nitrogen and oxygen atoms in total. The molecule has 0 bridgehead atoms. The molecular weight excluding hydrogens is 448 g/mol. The van der Waals surface area contributed by atoms with Gasteiger partial charge in [-0.3, -0.25) is 14.4 Å². The molecule has 2 aromatic rings. The van der Waals surface area contributed by atoms with Crippen molar-refractivity contribution >= 4 is 18.3 Å². The van der Waals surface area contributed by atoms with E-state index >= 15 is 0 Å². The number of hydrogen-bond acceptors (Lipinski definition) is 7. The Hall–Kier alpha value is -3.42. The van der Waals surface area contributed by atoms with Gasteiger partial charge in [-0.05, 0) is 50.7 Å². The van der Waals surface area contributed by atoms with E-state index in [1.807, 2.05) is 6.92 Å². The third-order valence-corrected chi connectivity index (χ3v) is 6.63. The lowest BCUT2D eigenvalue weighted by molar-refractivity contribution is -0.148. The van der Waals surface area contributed by atoms with E-state index in [9.17, 15) is 14.4 Å². The molecule has 35 heavy (non-hydrogen) atoms. The Bertz CT molecular complexity index is 1050. The van der Waals surface area contributed by atoms with E-state index in [0.29, 0.717) is 5.92 Å². The van der Waals surface area contributed by atoms with Crippen LogP contribution in [0, 0.1) is 19.8 Å². The fraction of sp³-hybridized carbons (Fsp3) is 0.481. The minimum atomic E-state index is -0.677. The first-order valence-electron chi connectivity index (χ1n) is 12.0. The van der Waals surface area contributed by atoms with Crippen LogP contribution in [0.1, 0.15) is 72.1 Å². The second-order valence-electron chi connectivity index (χ2n) is 9.07. The van der Waals surface area contributed by atoms with Crippen molar-refractivity contribution in [1.29, 1.82) is 0 Å². The van der Waals surface area contributed by atoms with Crippen molar-refractivity contribution in [1.82, 2.24) is 10.3 Å². The van der Waals surface area contributed by atoms with E-state index in [-0.39, 0.29) is 42.2 Å². The number of amides is 1. The summed E-state index contributed by atoms with van der Waals surface area (Å²) >= 11 is 0. The average molecular weight is 483 g/mol. The molecule has 1 aromatic carbocycles. The van der Waals surface area contributed by atoms with Crippen molar-refractivity contribution in [2.45, 2.75) is 64.9 Å². The van der Waals surface area contributed by atoms with Crippen LogP contribution in [-0.2, 0) is 14.3 Å². The Balaban J connectivity index is 1.70. The molecule has 0 aliphatic heterocycles. The number of carbonyl (C=O) groups excluding carboxylic acids is 3. The van der Waals surface area contributed by atoms with Gasteiger partial charge in [0.05, 0.1) is 7.11 Å². The predicted molar refractivity (Wildman–Crippen MR) is 131 cm³/mol. The molecule has 2 atom stereocenters. The fourth-order valence-corrected chi connectivity index (χ4v) is 5.06. The lowest BCUT2D eigenvalue weighted by Gasteiger charge is -2.35. The van der Waals surface area contributed by atoms with Gasteiger partial charge in [-0.1, -0.05) is 43.0 Å². The van der Waals surface area contributed by atoms with Crippen LogP contribution < -0.4 is 14.8 Å². The zero-order valence-corrected chi connectivity index (χ0v) is 20.8. The largest absolute Gasteiger partial charge is 0.493 e. The van der Waals surface area contributed by atoms with E-state index in [4.69, 9.17) is 14.2 Å². The number of benzene rings is 1. The summed E-state index contributed by atoms with van der Waals surface area (Å²) in [6, 6.07) is 7.89. The molecule has 1 amide bonds. The molecule has 1 aromatic heterocycles. The van der Waals surface area contributed by atoms with Gasteiger partial charge < -0.3 is 19.5 Å². The highest BCUT2D eigenvalue weighted by molar-refractivity contribution is 5.97. The Kier molecular flexibility index (Phi) is 9.23. The zero-order valence-electron chi connectivity index (χ0n) is 20.8. The molecule has 1 fully saturated rings. The van der Waals surface area contributed by atoms with Gasteiger partial charge in [-0.15, -0.1) is 0 Å². The number of aryl methyl sites for hydroxylation is 2. The molecule has 0 radical (unpaired) electrons. The van der Waals surface area contributed by atoms with Crippen molar-refractivity contribution in [2.75, 3.05) is 13.7 Å². The summed E-state index contributed by atoms with van der Waals surface area (Å²) < 4.78 is 15.8. The third-order valence-electron chi connectivity index (χ3n) is 6.63. The quantitative estimate of drug-likeness (QED) is 0.398. The van der Waals surface area contributed by atoms with Gasteiger partial charge in [0.15, 0.2) is 11.4 Å². The van der Waals surface area contributed by atoms with Crippen LogP contribution in [0.25, 0.3) is 0 Å². The van der Waals surface area contributed by atoms with E-state index in [1.54, 1.807) is 0 Å². The maximum atomic E-state index is 12.7. The first-order chi connectivity index (χ1) is 16.8. The van der Waals surface area contributed by atoms with Gasteiger partial charge in [0, 0.05) is 18.2 Å². The van der Waals surface area contributed by atoms with Crippen LogP contribution in [0.4, 0.5) is 0 Å². The average Bonchev–Trinajstić information content (AvgIpc) is 2.85. The van der Waals surface area contributed by atoms with Crippen molar-refractivity contribution in [3.05, 3.63) is 52.8 Å². The lowest BCUT2D eigenvalue weighted by atomic mass is 9.73. The highest BCUT2D eigenvalue weighted by atomic mass is 16.5. The van der Waals surface area contributed by atoms with Crippen molar-refractivity contribution < 1.29 is 28.6 Å². The Labute approximate surface area is 206 Å². The topological polar surface area (TPSA) is 104 Å². The third kappa shape index (κ3) is 6.59. The van der Waals surface area contributed by atoms with Gasteiger partial charge >= 0.3 is 5.97 Å². The molecule has 1 heterocycles. The summed E-state index contributed by atoms with van der Waals surface area (Å²) in [6.07, 6.45) is 6.82. The summed E-state index contributed by atoms with van der Waals surface area (Å²) in [4.78, 5) is 40.2. The van der Waals surface area contributed by atoms with Crippen LogP contribution in [0.2, 0.25) is 0 Å². The smallest absolute Gasteiger partial charge is 0.325 e. The number of carbonyl (C=O) groups is 3. The minimum Gasteiger partial charge on any atom is -0.493 e. The standard InChI is InChI=1S/C27H34N2O6/c1-17-10-11-21(18(2)14-17)24(20-8-6-5-7-9-20)19(3)35-23(31)15-29-27(32)25-26(34-16-30)22(33-4)12-13-28-25/h10-14,16,19-20,24H,5-9,15H2,1-4H3,(H,29,32). The van der Waals surface area contributed by atoms with E-state index in [0.717, 1.165) is 12.8 Å². The maximum absolute atomic E-state index is 12.7. The molecule has 188 valence electrons. The maximum Gasteiger partial charge on any atom is 0.325 e. The predicted octanol–water partition coefficient (Wildman–Crippen LogP) is 4.27. The molecule has 1 N–H and O–H groups in total. The second kappa shape index (κ2) is 12.3. The van der Waals surface area contributed by atoms with Crippen LogP contribution in [0.15, 0.2) is 30.5 Å². The number of nitrogens with zero attached hydrogens (tertiary/aromatic N) is 1. The summed E-state index contributed by atoms with van der Waals surface area (Å²) in [5, 5.41) is 2.50. The number of aromatic nitrogens is 1. The molecular formula is C27H34N2O6. The summed E-state index contributed by atoms with van der Waals surface area (Å²) in [6.45, 7) is 5.95. The highest BCUT2D eigenvalue weighted by Crippen LogP contribution is 2.40. The van der Waals surface area contributed by atoms with Crippen LogP contribution >= 0.6 is 0 Å². The number of rotatable bonds is 10. The number of hydrogen-bond donors (Lipinski definition) is 1. The zero-order chi connectivity index (χ0) is 25.4. The summed E-state index contributed by atoms with van der Waals surface area (Å²) in [5.74, 6) is -0.635. The fourth-order valence-electron chi connectivity index (χ4n) is 5.06. The van der Waals surface area contributed by atoms with Crippen molar-refractivity contribution in [2.24, 2.45) is 5.92 Å². The SMILES string of the molecule is COc1ccnc(C(=O)NCC(=O)OC(C)C(c2ccc(C)cc2C)C2CCCCC2)c1OC=O. The molecule has 0 saturated heterocycles. The van der Waals surface area contributed by atoms with E-state index in [2.05, 4.69) is 42.3 Å². The number of nitrogens with one attached hydrogen (secondary N) is 1. The molecule has 1 saturated carbocycles. The van der Waals surface area contributed by atoms with Crippen LogP contribution in [0.3, 0.4) is 0 Å². The monoisotopic (exact) mass is 482 g/mol. The first kappa shape index (κ1) is 26.2. The summed E-state index contributed by atoms with van der Waals surface area (Å²) in [5.41, 5.74) is 3.45. The van der Waals surface area contributed by atoms with Gasteiger partial charge in [0.25, 0.3) is 12.4 Å². The van der Waals surface area contributed by atoms with Crippen molar-refractivity contribution in [3.8, 4) is 11.5 Å². The van der Waals surface area contributed by atoms with Gasteiger partial charge in [-0.25, -0.2) is 4.98 Å². The number of ether oxygens (including phenoxy) is 3. The molecule has 3 rings (SSSR count).